The quantitative estimate of drug-likeness (QED) is 0.840. The third-order valence-electron chi connectivity index (χ3n) is 2.57. The van der Waals surface area contributed by atoms with Gasteiger partial charge in [0, 0.05) is 12.6 Å². The second kappa shape index (κ2) is 4.94. The van der Waals surface area contributed by atoms with Gasteiger partial charge in [0.25, 0.3) is 0 Å². The van der Waals surface area contributed by atoms with Crippen molar-refractivity contribution in [3.8, 4) is 0 Å². The molecule has 1 aliphatic heterocycles. The zero-order chi connectivity index (χ0) is 10.7. The number of hydrogen-bond donors (Lipinski definition) is 1. The number of aromatic nitrogens is 1. The molecule has 1 fully saturated rings. The third kappa shape index (κ3) is 2.92. The number of anilines is 1. The van der Waals surface area contributed by atoms with Crippen LogP contribution < -0.4 is 5.32 Å². The number of hydrogen-bond acceptors (Lipinski definition) is 3. The highest BCUT2D eigenvalue weighted by Gasteiger charge is 2.14. The van der Waals surface area contributed by atoms with Crippen LogP contribution in [0.1, 0.15) is 18.5 Å². The van der Waals surface area contributed by atoms with Crippen molar-refractivity contribution in [1.82, 2.24) is 4.98 Å². The zero-order valence-corrected chi connectivity index (χ0v) is 10.4. The van der Waals surface area contributed by atoms with Gasteiger partial charge in [-0.05, 0) is 47.8 Å². The molecule has 1 N–H and O–H groups in total. The van der Waals surface area contributed by atoms with E-state index < -0.39 is 0 Å². The van der Waals surface area contributed by atoms with Crippen LogP contribution in [0, 0.1) is 6.92 Å². The lowest BCUT2D eigenvalue weighted by molar-refractivity contribution is 0.0876. The molecule has 1 aliphatic rings. The first-order chi connectivity index (χ1) is 7.25. The Kier molecular flexibility index (Phi) is 3.59. The lowest BCUT2D eigenvalue weighted by Gasteiger charge is -2.24. The van der Waals surface area contributed by atoms with Gasteiger partial charge in [0.2, 0.25) is 0 Å². The first-order valence-corrected chi connectivity index (χ1v) is 6.02. The van der Waals surface area contributed by atoms with Gasteiger partial charge in [-0.3, -0.25) is 0 Å². The molecule has 2 rings (SSSR count). The number of rotatable bonds is 2. The fourth-order valence-corrected chi connectivity index (χ4v) is 2.16. The van der Waals surface area contributed by atoms with Crippen LogP contribution >= 0.6 is 15.9 Å². The Balaban J connectivity index is 2.03. The van der Waals surface area contributed by atoms with Crippen molar-refractivity contribution in [3.05, 3.63) is 22.4 Å². The van der Waals surface area contributed by atoms with E-state index in [1.807, 2.05) is 13.0 Å². The molecule has 15 heavy (non-hydrogen) atoms. The lowest BCUT2D eigenvalue weighted by Crippen LogP contribution is -2.30. The molecule has 0 aliphatic carbocycles. The van der Waals surface area contributed by atoms with E-state index in [9.17, 15) is 0 Å². The zero-order valence-electron chi connectivity index (χ0n) is 8.79. The Bertz CT molecular complexity index is 337. The minimum Gasteiger partial charge on any atom is -0.379 e. The number of pyridine rings is 1. The maximum Gasteiger partial charge on any atom is 0.106 e. The standard InChI is InChI=1S/C11H15BrN2O/c1-8-10(4-5-11(12)13-8)14-9-3-2-6-15-7-9/h4-5,9,14H,2-3,6-7H2,1H3. The average Bonchev–Trinajstić information content (AvgIpc) is 2.24. The van der Waals surface area contributed by atoms with Gasteiger partial charge >= 0.3 is 0 Å². The molecule has 0 aromatic carbocycles. The first-order valence-electron chi connectivity index (χ1n) is 5.23. The molecule has 82 valence electrons. The molecular weight excluding hydrogens is 256 g/mol. The lowest BCUT2D eigenvalue weighted by atomic mass is 10.1. The number of nitrogens with zero attached hydrogens (tertiary/aromatic N) is 1. The first kappa shape index (κ1) is 10.9. The van der Waals surface area contributed by atoms with Crippen LogP contribution in [0.25, 0.3) is 0 Å². The normalized spacial score (nSPS) is 21.3. The summed E-state index contributed by atoms with van der Waals surface area (Å²) in [6.45, 7) is 3.71. The summed E-state index contributed by atoms with van der Waals surface area (Å²) >= 11 is 3.36. The summed E-state index contributed by atoms with van der Waals surface area (Å²) < 4.78 is 6.31. The van der Waals surface area contributed by atoms with E-state index >= 15 is 0 Å². The highest BCUT2D eigenvalue weighted by molar-refractivity contribution is 9.10. The minimum absolute atomic E-state index is 0.431. The predicted octanol–water partition coefficient (Wildman–Crippen LogP) is 2.74. The largest absolute Gasteiger partial charge is 0.379 e. The van der Waals surface area contributed by atoms with Gasteiger partial charge < -0.3 is 10.1 Å². The topological polar surface area (TPSA) is 34.2 Å². The SMILES string of the molecule is Cc1nc(Br)ccc1NC1CCCOC1. The Morgan fingerprint density at radius 3 is 3.07 bits per heavy atom. The van der Waals surface area contributed by atoms with Crippen molar-refractivity contribution in [2.45, 2.75) is 25.8 Å². The summed E-state index contributed by atoms with van der Waals surface area (Å²) in [5.74, 6) is 0. The highest BCUT2D eigenvalue weighted by atomic mass is 79.9. The fraction of sp³-hybridized carbons (Fsp3) is 0.545. The van der Waals surface area contributed by atoms with Crippen molar-refractivity contribution in [3.63, 3.8) is 0 Å². The number of aryl methyl sites for hydroxylation is 1. The molecule has 1 aromatic rings. The number of halogens is 1. The van der Waals surface area contributed by atoms with Crippen molar-refractivity contribution in [1.29, 1.82) is 0 Å². The molecular formula is C11H15BrN2O. The van der Waals surface area contributed by atoms with Gasteiger partial charge in [-0.25, -0.2) is 4.98 Å². The van der Waals surface area contributed by atoms with Crippen LogP contribution in [-0.2, 0) is 4.74 Å². The van der Waals surface area contributed by atoms with E-state index in [2.05, 4.69) is 32.3 Å². The second-order valence-corrected chi connectivity index (χ2v) is 4.64. The van der Waals surface area contributed by atoms with Crippen molar-refractivity contribution in [2.75, 3.05) is 18.5 Å². The van der Waals surface area contributed by atoms with Crippen LogP contribution in [0.2, 0.25) is 0 Å². The van der Waals surface area contributed by atoms with Crippen molar-refractivity contribution in [2.24, 2.45) is 0 Å². The van der Waals surface area contributed by atoms with E-state index in [1.165, 1.54) is 6.42 Å². The van der Waals surface area contributed by atoms with Gasteiger partial charge in [0.15, 0.2) is 0 Å². The maximum atomic E-state index is 5.43. The van der Waals surface area contributed by atoms with Gasteiger partial charge in [0.05, 0.1) is 18.0 Å². The highest BCUT2D eigenvalue weighted by Crippen LogP contribution is 2.19. The van der Waals surface area contributed by atoms with Crippen molar-refractivity contribution < 1.29 is 4.74 Å². The molecule has 0 radical (unpaired) electrons. The number of nitrogens with one attached hydrogen (secondary N) is 1. The Labute approximate surface area is 98.4 Å². The van der Waals surface area contributed by atoms with Crippen LogP contribution in [0.4, 0.5) is 5.69 Å². The maximum absolute atomic E-state index is 5.43. The summed E-state index contributed by atoms with van der Waals surface area (Å²) in [4.78, 5) is 4.35. The average molecular weight is 271 g/mol. The molecule has 0 spiro atoms. The van der Waals surface area contributed by atoms with Gasteiger partial charge in [0.1, 0.15) is 4.60 Å². The Hall–Kier alpha value is -0.610. The molecule has 1 unspecified atom stereocenters. The third-order valence-corrected chi connectivity index (χ3v) is 3.01. The van der Waals surface area contributed by atoms with E-state index in [0.717, 1.165) is 35.6 Å². The Morgan fingerprint density at radius 1 is 1.53 bits per heavy atom. The summed E-state index contributed by atoms with van der Waals surface area (Å²) in [5.41, 5.74) is 2.13. The smallest absolute Gasteiger partial charge is 0.106 e. The molecule has 1 atom stereocenters. The molecule has 1 saturated heterocycles. The van der Waals surface area contributed by atoms with Crippen LogP contribution in [0.5, 0.6) is 0 Å². The van der Waals surface area contributed by atoms with Crippen molar-refractivity contribution >= 4 is 21.6 Å². The van der Waals surface area contributed by atoms with E-state index in [0.29, 0.717) is 6.04 Å². The van der Waals surface area contributed by atoms with Gasteiger partial charge in [-0.2, -0.15) is 0 Å². The summed E-state index contributed by atoms with van der Waals surface area (Å²) in [6, 6.07) is 4.44. The molecule has 3 nitrogen and oxygen atoms in total. The molecule has 4 heteroatoms. The molecule has 0 saturated carbocycles. The molecule has 0 bridgehead atoms. The van der Waals surface area contributed by atoms with E-state index in [-0.39, 0.29) is 0 Å². The van der Waals surface area contributed by atoms with Crippen LogP contribution in [-0.4, -0.2) is 24.2 Å². The van der Waals surface area contributed by atoms with E-state index in [1.54, 1.807) is 0 Å². The molecule has 0 amide bonds. The van der Waals surface area contributed by atoms with Crippen LogP contribution in [0.3, 0.4) is 0 Å². The summed E-state index contributed by atoms with van der Waals surface area (Å²) in [6.07, 6.45) is 2.32. The van der Waals surface area contributed by atoms with Gasteiger partial charge in [-0.1, -0.05) is 0 Å². The molecule has 1 aromatic heterocycles. The van der Waals surface area contributed by atoms with Crippen LogP contribution in [0.15, 0.2) is 16.7 Å². The second-order valence-electron chi connectivity index (χ2n) is 3.83. The predicted molar refractivity (Wildman–Crippen MR) is 64.1 cm³/mol. The van der Waals surface area contributed by atoms with E-state index in [4.69, 9.17) is 4.74 Å². The monoisotopic (exact) mass is 270 g/mol. The summed E-state index contributed by atoms with van der Waals surface area (Å²) in [5, 5.41) is 3.47. The molecule has 2 heterocycles. The summed E-state index contributed by atoms with van der Waals surface area (Å²) in [7, 11) is 0. The Morgan fingerprint density at radius 2 is 2.40 bits per heavy atom. The minimum atomic E-state index is 0.431. The fourth-order valence-electron chi connectivity index (χ4n) is 1.76. The number of ether oxygens (including phenoxy) is 1. The van der Waals surface area contributed by atoms with Gasteiger partial charge in [-0.15, -0.1) is 0 Å².